The summed E-state index contributed by atoms with van der Waals surface area (Å²) >= 11 is 0. The molecule has 1 aliphatic heterocycles. The zero-order valence-electron chi connectivity index (χ0n) is 18.3. The summed E-state index contributed by atoms with van der Waals surface area (Å²) in [5.41, 5.74) is 4.69. The second-order valence-electron chi connectivity index (χ2n) is 10.0. The van der Waals surface area contributed by atoms with Gasteiger partial charge in [-0.05, 0) is 75.3 Å². The number of piperazine rings is 1. The van der Waals surface area contributed by atoms with E-state index in [9.17, 15) is 9.90 Å². The minimum absolute atomic E-state index is 0.276. The molecule has 0 amide bonds. The number of nitrogens with zero attached hydrogens (tertiary/aromatic N) is 2. The lowest BCUT2D eigenvalue weighted by molar-refractivity contribution is 0.0697. The van der Waals surface area contributed by atoms with Gasteiger partial charge in [0.2, 0.25) is 0 Å². The molecule has 29 heavy (non-hydrogen) atoms. The van der Waals surface area contributed by atoms with Crippen LogP contribution in [0.4, 0.5) is 0 Å². The summed E-state index contributed by atoms with van der Waals surface area (Å²) in [5, 5.41) is 14.2. The lowest BCUT2D eigenvalue weighted by atomic mass is 9.76. The van der Waals surface area contributed by atoms with Gasteiger partial charge >= 0.3 is 5.97 Å². The molecule has 2 heterocycles. The average Bonchev–Trinajstić information content (AvgIpc) is 2.92. The average molecular weight is 398 g/mol. The molecule has 5 nitrogen and oxygen atoms in total. The van der Waals surface area contributed by atoms with Crippen LogP contribution < -0.4 is 5.32 Å². The number of carbonyl (C=O) groups is 1. The number of benzene rings is 1. The van der Waals surface area contributed by atoms with Crippen LogP contribution in [0.5, 0.6) is 0 Å². The molecule has 158 valence electrons. The fourth-order valence-corrected chi connectivity index (χ4v) is 5.45. The summed E-state index contributed by atoms with van der Waals surface area (Å²) < 4.78 is 2.49. The molecule has 1 saturated heterocycles. The molecule has 1 aromatic carbocycles. The Morgan fingerprint density at radius 1 is 1.21 bits per heavy atom. The van der Waals surface area contributed by atoms with E-state index < -0.39 is 5.97 Å². The number of rotatable bonds is 5. The smallest absolute Gasteiger partial charge is 0.335 e. The molecular weight excluding hydrogens is 362 g/mol. The minimum atomic E-state index is -0.842. The number of aromatic nitrogens is 1. The van der Waals surface area contributed by atoms with E-state index in [4.69, 9.17) is 0 Å². The van der Waals surface area contributed by atoms with Crippen LogP contribution in [0.3, 0.4) is 0 Å². The van der Waals surface area contributed by atoms with Crippen molar-refractivity contribution < 1.29 is 9.90 Å². The monoisotopic (exact) mass is 397 g/mol. The summed E-state index contributed by atoms with van der Waals surface area (Å²) in [6.45, 7) is 13.5. The van der Waals surface area contributed by atoms with E-state index in [1.807, 2.05) is 12.1 Å². The predicted octanol–water partition coefficient (Wildman–Crippen LogP) is 3.93. The molecule has 0 radical (unpaired) electrons. The maximum Gasteiger partial charge on any atom is 0.335 e. The molecular formula is C24H35N3O2. The van der Waals surface area contributed by atoms with Crippen molar-refractivity contribution in [3.8, 4) is 0 Å². The SMILES string of the molecule is CC1CN(CCCn2c3c(c4cc(C(=O)O)ccc42)CC(C)(C)CC3)CC(C)N1. The molecule has 0 spiro atoms. The van der Waals surface area contributed by atoms with Gasteiger partial charge in [0, 0.05) is 48.3 Å². The first-order valence-corrected chi connectivity index (χ1v) is 11.1. The van der Waals surface area contributed by atoms with Crippen LogP contribution in [0.25, 0.3) is 10.9 Å². The molecule has 1 aromatic heterocycles. The summed E-state index contributed by atoms with van der Waals surface area (Å²) in [6, 6.07) is 6.79. The van der Waals surface area contributed by atoms with Crippen molar-refractivity contribution in [3.63, 3.8) is 0 Å². The zero-order valence-corrected chi connectivity index (χ0v) is 18.3. The fraction of sp³-hybridized carbons (Fsp3) is 0.625. The van der Waals surface area contributed by atoms with Crippen molar-refractivity contribution in [1.29, 1.82) is 0 Å². The number of hydrogen-bond donors (Lipinski definition) is 2. The number of carboxylic acid groups (broad SMARTS) is 1. The van der Waals surface area contributed by atoms with Crippen LogP contribution in [0, 0.1) is 5.41 Å². The Morgan fingerprint density at radius 2 is 1.93 bits per heavy atom. The van der Waals surface area contributed by atoms with Gasteiger partial charge in [0.05, 0.1) is 5.56 Å². The first-order valence-electron chi connectivity index (χ1n) is 11.1. The molecule has 2 aromatic rings. The highest BCUT2D eigenvalue weighted by molar-refractivity contribution is 5.95. The molecule has 2 aliphatic rings. The van der Waals surface area contributed by atoms with Crippen LogP contribution in [0.1, 0.15) is 62.2 Å². The van der Waals surface area contributed by atoms with E-state index >= 15 is 0 Å². The van der Waals surface area contributed by atoms with Gasteiger partial charge in [-0.2, -0.15) is 0 Å². The van der Waals surface area contributed by atoms with Crippen molar-refractivity contribution in [2.45, 2.75) is 72.0 Å². The standard InChI is InChI=1S/C24H35N3O2/c1-16-14-26(15-17(2)25-16)10-5-11-27-21-7-6-18(23(28)29)12-19(21)20-13-24(3,4)9-8-22(20)27/h6-7,12,16-17,25H,5,8-11,13-15H2,1-4H3,(H,28,29). The maximum absolute atomic E-state index is 11.5. The minimum Gasteiger partial charge on any atom is -0.478 e. The van der Waals surface area contributed by atoms with Crippen LogP contribution in [0.2, 0.25) is 0 Å². The molecule has 1 fully saturated rings. The third-order valence-corrected chi connectivity index (χ3v) is 6.72. The highest BCUT2D eigenvalue weighted by Gasteiger charge is 2.30. The van der Waals surface area contributed by atoms with Crippen LogP contribution in [-0.2, 0) is 19.4 Å². The van der Waals surface area contributed by atoms with Gasteiger partial charge < -0.3 is 19.9 Å². The summed E-state index contributed by atoms with van der Waals surface area (Å²) in [6.07, 6.45) is 4.43. The van der Waals surface area contributed by atoms with Crippen molar-refractivity contribution in [3.05, 3.63) is 35.0 Å². The number of aryl methyl sites for hydroxylation is 1. The highest BCUT2D eigenvalue weighted by Crippen LogP contribution is 2.40. The topological polar surface area (TPSA) is 57.5 Å². The molecule has 2 atom stereocenters. The summed E-state index contributed by atoms with van der Waals surface area (Å²) in [7, 11) is 0. The highest BCUT2D eigenvalue weighted by atomic mass is 16.4. The first kappa shape index (κ1) is 20.4. The van der Waals surface area contributed by atoms with Gasteiger partial charge in [-0.1, -0.05) is 13.8 Å². The number of nitrogens with one attached hydrogen (secondary N) is 1. The van der Waals surface area contributed by atoms with E-state index in [2.05, 4.69) is 42.5 Å². The Morgan fingerprint density at radius 3 is 2.62 bits per heavy atom. The Kier molecular flexibility index (Phi) is 5.47. The molecule has 1 aliphatic carbocycles. The van der Waals surface area contributed by atoms with Gasteiger partial charge in [-0.25, -0.2) is 4.79 Å². The number of carboxylic acids is 1. The number of hydrogen-bond acceptors (Lipinski definition) is 3. The van der Waals surface area contributed by atoms with Crippen LogP contribution in [-0.4, -0.2) is 52.3 Å². The second kappa shape index (κ2) is 7.77. The van der Waals surface area contributed by atoms with Crippen molar-refractivity contribution >= 4 is 16.9 Å². The normalized spacial score (nSPS) is 24.6. The fourth-order valence-electron chi connectivity index (χ4n) is 5.45. The van der Waals surface area contributed by atoms with Crippen LogP contribution in [0.15, 0.2) is 18.2 Å². The van der Waals surface area contributed by atoms with Crippen molar-refractivity contribution in [1.82, 2.24) is 14.8 Å². The van der Waals surface area contributed by atoms with E-state index in [1.54, 1.807) is 6.07 Å². The Bertz CT molecular complexity index is 904. The van der Waals surface area contributed by atoms with Gasteiger partial charge in [0.15, 0.2) is 0 Å². The second-order valence-corrected chi connectivity index (χ2v) is 10.0. The van der Waals surface area contributed by atoms with Gasteiger partial charge in [-0.3, -0.25) is 0 Å². The van der Waals surface area contributed by atoms with Crippen molar-refractivity contribution in [2.75, 3.05) is 19.6 Å². The predicted molar refractivity (Wildman–Crippen MR) is 118 cm³/mol. The third-order valence-electron chi connectivity index (χ3n) is 6.72. The number of aromatic carboxylic acids is 1. The Balaban J connectivity index is 1.59. The maximum atomic E-state index is 11.5. The van der Waals surface area contributed by atoms with Gasteiger partial charge in [-0.15, -0.1) is 0 Å². The Labute approximate surface area is 174 Å². The first-order chi connectivity index (χ1) is 13.7. The molecule has 0 bridgehead atoms. The van der Waals surface area contributed by atoms with Crippen LogP contribution >= 0.6 is 0 Å². The third kappa shape index (κ3) is 4.22. The van der Waals surface area contributed by atoms with E-state index in [-0.39, 0.29) is 5.41 Å². The van der Waals surface area contributed by atoms with E-state index in [0.29, 0.717) is 17.6 Å². The van der Waals surface area contributed by atoms with Gasteiger partial charge in [0.1, 0.15) is 0 Å². The number of fused-ring (bicyclic) bond motifs is 3. The summed E-state index contributed by atoms with van der Waals surface area (Å²) in [5.74, 6) is -0.842. The zero-order chi connectivity index (χ0) is 20.8. The molecule has 4 rings (SSSR count). The molecule has 5 heteroatoms. The Hall–Kier alpha value is -1.85. The lowest BCUT2D eigenvalue weighted by Gasteiger charge is -2.36. The van der Waals surface area contributed by atoms with E-state index in [0.717, 1.165) is 50.8 Å². The van der Waals surface area contributed by atoms with E-state index in [1.165, 1.54) is 23.2 Å². The molecule has 0 saturated carbocycles. The summed E-state index contributed by atoms with van der Waals surface area (Å²) in [4.78, 5) is 14.1. The van der Waals surface area contributed by atoms with Crippen molar-refractivity contribution in [2.24, 2.45) is 5.41 Å². The largest absolute Gasteiger partial charge is 0.478 e. The van der Waals surface area contributed by atoms with Gasteiger partial charge in [0.25, 0.3) is 0 Å². The quantitative estimate of drug-likeness (QED) is 0.803. The lowest BCUT2D eigenvalue weighted by Crippen LogP contribution is -2.54. The molecule has 2 unspecified atom stereocenters. The molecule has 2 N–H and O–H groups in total.